The van der Waals surface area contributed by atoms with Crippen molar-refractivity contribution in [2.45, 2.75) is 43.2 Å². The van der Waals surface area contributed by atoms with Gasteiger partial charge in [0.25, 0.3) is 5.97 Å². The van der Waals surface area contributed by atoms with E-state index in [1.54, 1.807) is 0 Å². The Labute approximate surface area is 102 Å². The van der Waals surface area contributed by atoms with Gasteiger partial charge < -0.3 is 40.9 Å². The van der Waals surface area contributed by atoms with Crippen LogP contribution in [0.5, 0.6) is 0 Å². The molecule has 9 heteroatoms. The molecule has 0 bridgehead atoms. The van der Waals surface area contributed by atoms with E-state index in [1.807, 2.05) is 0 Å². The largest absolute Gasteiger partial charge is 0.394 e. The van der Waals surface area contributed by atoms with Gasteiger partial charge in [-0.05, 0) is 6.42 Å². The fraction of sp³-hybridized carbons (Fsp3) is 0.889. The third-order valence-electron chi connectivity index (χ3n) is 2.28. The second-order valence-electron chi connectivity index (χ2n) is 3.92. The standard InChI is InChI=1S/C9H18O9/c10-3-5(12)7(14)8(15)6(13)4(11)1-2-9(16,17)18/h4-5,7-8,10-12,14-18H,1-3H2/t4?,5-,7-,8-/m1/s1. The normalized spacial score (nSPS) is 19.1. The molecule has 108 valence electrons. The fourth-order valence-corrected chi connectivity index (χ4v) is 1.16. The van der Waals surface area contributed by atoms with Crippen molar-refractivity contribution in [3.05, 3.63) is 0 Å². The Morgan fingerprint density at radius 1 is 1.06 bits per heavy atom. The number of hydrogen-bond acceptors (Lipinski definition) is 9. The summed E-state index contributed by atoms with van der Waals surface area (Å²) in [5, 5.41) is 70.8. The highest BCUT2D eigenvalue weighted by molar-refractivity contribution is 5.87. The van der Waals surface area contributed by atoms with E-state index in [0.717, 1.165) is 0 Å². The zero-order valence-corrected chi connectivity index (χ0v) is 9.42. The highest BCUT2D eigenvalue weighted by Gasteiger charge is 2.34. The van der Waals surface area contributed by atoms with Crippen LogP contribution in [0.1, 0.15) is 12.8 Å². The number of carbonyl (C=O) groups excluding carboxylic acids is 1. The highest BCUT2D eigenvalue weighted by atomic mass is 16.7. The van der Waals surface area contributed by atoms with Crippen LogP contribution in [0.15, 0.2) is 0 Å². The summed E-state index contributed by atoms with van der Waals surface area (Å²) in [6.45, 7) is -0.894. The van der Waals surface area contributed by atoms with Crippen molar-refractivity contribution in [2.24, 2.45) is 0 Å². The summed E-state index contributed by atoms with van der Waals surface area (Å²) in [4.78, 5) is 11.3. The molecule has 0 heterocycles. The lowest BCUT2D eigenvalue weighted by molar-refractivity contribution is -0.316. The lowest BCUT2D eigenvalue weighted by Crippen LogP contribution is -2.47. The molecular weight excluding hydrogens is 252 g/mol. The van der Waals surface area contributed by atoms with Crippen LogP contribution in [-0.4, -0.2) is 83.6 Å². The van der Waals surface area contributed by atoms with Gasteiger partial charge >= 0.3 is 0 Å². The maximum absolute atomic E-state index is 11.3. The summed E-state index contributed by atoms with van der Waals surface area (Å²) in [6, 6.07) is 0. The van der Waals surface area contributed by atoms with Gasteiger partial charge in [-0.25, -0.2) is 0 Å². The number of Topliss-reactive ketones (excluding diaryl/α,β-unsaturated/α-hetero) is 1. The summed E-state index contributed by atoms with van der Waals surface area (Å²) in [5.74, 6) is -4.34. The molecule has 0 saturated heterocycles. The van der Waals surface area contributed by atoms with E-state index in [2.05, 4.69) is 0 Å². The summed E-state index contributed by atoms with van der Waals surface area (Å²) >= 11 is 0. The molecule has 1 unspecified atom stereocenters. The van der Waals surface area contributed by atoms with Crippen LogP contribution in [-0.2, 0) is 4.79 Å². The lowest BCUT2D eigenvalue weighted by Gasteiger charge is -2.23. The molecule has 0 aromatic carbocycles. The van der Waals surface area contributed by atoms with Gasteiger partial charge in [0, 0.05) is 6.42 Å². The van der Waals surface area contributed by atoms with Crippen molar-refractivity contribution in [1.82, 2.24) is 0 Å². The molecule has 4 atom stereocenters. The van der Waals surface area contributed by atoms with E-state index in [4.69, 9.17) is 25.5 Å². The number of carbonyl (C=O) groups is 1. The zero-order chi connectivity index (χ0) is 14.5. The minimum Gasteiger partial charge on any atom is -0.394 e. The van der Waals surface area contributed by atoms with Crippen LogP contribution in [0.25, 0.3) is 0 Å². The summed E-state index contributed by atoms with van der Waals surface area (Å²) < 4.78 is 0. The number of hydrogen-bond donors (Lipinski definition) is 8. The molecule has 0 saturated carbocycles. The number of aliphatic hydroxyl groups is 8. The molecule has 0 radical (unpaired) electrons. The predicted octanol–water partition coefficient (Wildman–Crippen LogP) is -4.60. The lowest BCUT2D eigenvalue weighted by atomic mass is 9.98. The van der Waals surface area contributed by atoms with Gasteiger partial charge in [-0.3, -0.25) is 4.79 Å². The first-order valence-electron chi connectivity index (χ1n) is 5.14. The van der Waals surface area contributed by atoms with Gasteiger partial charge in [-0.15, -0.1) is 0 Å². The van der Waals surface area contributed by atoms with E-state index < -0.39 is 55.6 Å². The molecule has 0 fully saturated rings. The molecular formula is C9H18O9. The Kier molecular flexibility index (Phi) is 6.81. The smallest absolute Gasteiger partial charge is 0.275 e. The molecule has 9 nitrogen and oxygen atoms in total. The Morgan fingerprint density at radius 2 is 1.56 bits per heavy atom. The molecule has 0 aliphatic heterocycles. The molecule has 0 aliphatic rings. The monoisotopic (exact) mass is 270 g/mol. The van der Waals surface area contributed by atoms with E-state index in [0.29, 0.717) is 0 Å². The average Bonchev–Trinajstić information content (AvgIpc) is 2.31. The average molecular weight is 270 g/mol. The number of ketones is 1. The summed E-state index contributed by atoms with van der Waals surface area (Å²) in [5.41, 5.74) is 0. The molecule has 8 N–H and O–H groups in total. The Morgan fingerprint density at radius 3 is 1.94 bits per heavy atom. The summed E-state index contributed by atoms with van der Waals surface area (Å²) in [6.07, 6.45) is -9.10. The maximum Gasteiger partial charge on any atom is 0.275 e. The van der Waals surface area contributed by atoms with E-state index in [-0.39, 0.29) is 0 Å². The van der Waals surface area contributed by atoms with Gasteiger partial charge in [0.2, 0.25) is 0 Å². The van der Waals surface area contributed by atoms with Crippen LogP contribution in [0, 0.1) is 0 Å². The molecule has 0 aliphatic carbocycles. The fourth-order valence-electron chi connectivity index (χ4n) is 1.16. The van der Waals surface area contributed by atoms with Crippen LogP contribution < -0.4 is 0 Å². The first kappa shape index (κ1) is 17.4. The van der Waals surface area contributed by atoms with Crippen molar-refractivity contribution < 1.29 is 45.6 Å². The summed E-state index contributed by atoms with van der Waals surface area (Å²) in [7, 11) is 0. The van der Waals surface area contributed by atoms with Gasteiger partial charge in [0.15, 0.2) is 5.78 Å². The van der Waals surface area contributed by atoms with Crippen molar-refractivity contribution >= 4 is 5.78 Å². The minimum atomic E-state index is -3.06. The molecule has 0 amide bonds. The quantitative estimate of drug-likeness (QED) is 0.201. The molecule has 0 rings (SSSR count). The third-order valence-corrected chi connectivity index (χ3v) is 2.28. The maximum atomic E-state index is 11.3. The first-order valence-corrected chi connectivity index (χ1v) is 5.14. The topological polar surface area (TPSA) is 179 Å². The van der Waals surface area contributed by atoms with Crippen LogP contribution >= 0.6 is 0 Å². The molecule has 0 aromatic heterocycles. The van der Waals surface area contributed by atoms with E-state index in [1.165, 1.54) is 0 Å². The highest BCUT2D eigenvalue weighted by Crippen LogP contribution is 2.11. The van der Waals surface area contributed by atoms with Gasteiger partial charge in [0.05, 0.1) is 6.61 Å². The van der Waals surface area contributed by atoms with Crippen molar-refractivity contribution in [2.75, 3.05) is 6.61 Å². The van der Waals surface area contributed by atoms with Gasteiger partial charge in [-0.2, -0.15) is 0 Å². The Hall–Kier alpha value is -0.650. The Bertz CT molecular complexity index is 261. The van der Waals surface area contributed by atoms with Gasteiger partial charge in [0.1, 0.15) is 24.4 Å². The van der Waals surface area contributed by atoms with E-state index in [9.17, 15) is 20.1 Å². The molecule has 0 spiro atoms. The van der Waals surface area contributed by atoms with Crippen molar-refractivity contribution in [3.8, 4) is 0 Å². The zero-order valence-electron chi connectivity index (χ0n) is 9.42. The SMILES string of the molecule is O=C(C(O)CCC(O)(O)O)[C@@H](O)[C@H](O)[C@H](O)CO. The Balaban J connectivity index is 4.37. The molecule has 0 aromatic rings. The second-order valence-corrected chi connectivity index (χ2v) is 3.92. The van der Waals surface area contributed by atoms with Gasteiger partial charge in [-0.1, -0.05) is 0 Å². The number of aliphatic hydroxyl groups excluding tert-OH is 5. The van der Waals surface area contributed by atoms with Crippen molar-refractivity contribution in [3.63, 3.8) is 0 Å². The molecule has 18 heavy (non-hydrogen) atoms. The van der Waals surface area contributed by atoms with Crippen LogP contribution in [0.4, 0.5) is 0 Å². The number of rotatable bonds is 8. The van der Waals surface area contributed by atoms with Crippen LogP contribution in [0.3, 0.4) is 0 Å². The predicted molar refractivity (Wildman–Crippen MR) is 54.7 cm³/mol. The van der Waals surface area contributed by atoms with E-state index >= 15 is 0 Å². The van der Waals surface area contributed by atoms with Crippen LogP contribution in [0.2, 0.25) is 0 Å². The second kappa shape index (κ2) is 7.07. The first-order chi connectivity index (χ1) is 8.10. The van der Waals surface area contributed by atoms with Crippen molar-refractivity contribution in [1.29, 1.82) is 0 Å². The third kappa shape index (κ3) is 5.80. The minimum absolute atomic E-state index is 0.582.